The zero-order chi connectivity index (χ0) is 14.9. The van der Waals surface area contributed by atoms with E-state index in [0.717, 1.165) is 31.7 Å². The van der Waals surface area contributed by atoms with Gasteiger partial charge in [-0.25, -0.2) is 8.78 Å². The van der Waals surface area contributed by atoms with Crippen molar-refractivity contribution in [2.45, 2.75) is 45.6 Å². The molecule has 20 heavy (non-hydrogen) atoms. The summed E-state index contributed by atoms with van der Waals surface area (Å²) in [6, 6.07) is 1.09. The summed E-state index contributed by atoms with van der Waals surface area (Å²) in [6.45, 7) is 4.13. The van der Waals surface area contributed by atoms with E-state index in [9.17, 15) is 13.6 Å². The first-order valence-corrected chi connectivity index (χ1v) is 7.30. The normalized spacial score (nSPS) is 19.2. The van der Waals surface area contributed by atoms with Crippen molar-refractivity contribution in [3.63, 3.8) is 0 Å². The van der Waals surface area contributed by atoms with Gasteiger partial charge in [0, 0.05) is 12.6 Å². The second-order valence-electron chi connectivity index (χ2n) is 5.23. The van der Waals surface area contributed by atoms with Crippen LogP contribution in [0.25, 0.3) is 0 Å². The van der Waals surface area contributed by atoms with E-state index in [1.165, 1.54) is 0 Å². The van der Waals surface area contributed by atoms with Crippen molar-refractivity contribution in [3.8, 4) is 0 Å². The number of likely N-dealkylation sites (tertiary alicyclic amines) is 1. The SMILES string of the molecule is CC[C@@H]1CCCCN1C(=O)c1c(F)c(F)cc(C)c1Cl. The fraction of sp³-hybridized carbons (Fsp3) is 0.533. The number of hydrogen-bond acceptors (Lipinski definition) is 1. The lowest BCUT2D eigenvalue weighted by Crippen LogP contribution is -2.43. The second kappa shape index (κ2) is 6.08. The highest BCUT2D eigenvalue weighted by Gasteiger charge is 2.31. The van der Waals surface area contributed by atoms with Gasteiger partial charge in [-0.2, -0.15) is 0 Å². The molecule has 110 valence electrons. The Morgan fingerprint density at radius 1 is 1.45 bits per heavy atom. The van der Waals surface area contributed by atoms with Gasteiger partial charge < -0.3 is 4.90 Å². The molecule has 0 aromatic heterocycles. The molecule has 0 unspecified atom stereocenters. The average Bonchev–Trinajstić information content (AvgIpc) is 2.45. The van der Waals surface area contributed by atoms with Gasteiger partial charge in [0.15, 0.2) is 11.6 Å². The maximum atomic E-state index is 14.0. The summed E-state index contributed by atoms with van der Waals surface area (Å²) < 4.78 is 27.5. The topological polar surface area (TPSA) is 20.3 Å². The van der Waals surface area contributed by atoms with Crippen LogP contribution in [0.5, 0.6) is 0 Å². The van der Waals surface area contributed by atoms with Crippen molar-refractivity contribution in [2.75, 3.05) is 6.54 Å². The van der Waals surface area contributed by atoms with Crippen LogP contribution in [0.4, 0.5) is 8.78 Å². The largest absolute Gasteiger partial charge is 0.336 e. The quantitative estimate of drug-likeness (QED) is 0.745. The monoisotopic (exact) mass is 301 g/mol. The smallest absolute Gasteiger partial charge is 0.258 e. The van der Waals surface area contributed by atoms with Gasteiger partial charge in [0.25, 0.3) is 5.91 Å². The van der Waals surface area contributed by atoms with E-state index in [1.807, 2.05) is 6.92 Å². The number of aryl methyl sites for hydroxylation is 1. The van der Waals surface area contributed by atoms with Crippen molar-refractivity contribution < 1.29 is 13.6 Å². The predicted octanol–water partition coefficient (Wildman–Crippen LogP) is 4.33. The number of halogens is 3. The molecule has 1 amide bonds. The number of carbonyl (C=O) groups is 1. The Labute approximate surface area is 122 Å². The van der Waals surface area contributed by atoms with E-state index < -0.39 is 17.5 Å². The van der Waals surface area contributed by atoms with Crippen LogP contribution in [0, 0.1) is 18.6 Å². The first-order valence-electron chi connectivity index (χ1n) is 6.92. The van der Waals surface area contributed by atoms with Crippen LogP contribution in [0.1, 0.15) is 48.5 Å². The minimum atomic E-state index is -1.15. The lowest BCUT2D eigenvalue weighted by Gasteiger charge is -2.35. The summed E-state index contributed by atoms with van der Waals surface area (Å²) >= 11 is 6.02. The van der Waals surface area contributed by atoms with Crippen LogP contribution in [0.2, 0.25) is 5.02 Å². The highest BCUT2D eigenvalue weighted by Crippen LogP contribution is 2.29. The van der Waals surface area contributed by atoms with Crippen molar-refractivity contribution in [1.82, 2.24) is 4.90 Å². The average molecular weight is 302 g/mol. The minimum Gasteiger partial charge on any atom is -0.336 e. The molecule has 2 nitrogen and oxygen atoms in total. The van der Waals surface area contributed by atoms with Gasteiger partial charge in [0.05, 0.1) is 10.6 Å². The molecule has 5 heteroatoms. The third-order valence-electron chi connectivity index (χ3n) is 3.91. The van der Waals surface area contributed by atoms with Gasteiger partial charge in [-0.1, -0.05) is 18.5 Å². The number of piperidine rings is 1. The van der Waals surface area contributed by atoms with Gasteiger partial charge in [0.1, 0.15) is 0 Å². The first-order chi connectivity index (χ1) is 9.47. The Bertz CT molecular complexity index is 507. The van der Waals surface area contributed by atoms with Crippen LogP contribution in [-0.2, 0) is 0 Å². The van der Waals surface area contributed by atoms with Gasteiger partial charge in [-0.3, -0.25) is 4.79 Å². The molecule has 1 aliphatic rings. The van der Waals surface area contributed by atoms with Crippen molar-refractivity contribution in [2.24, 2.45) is 0 Å². The van der Waals surface area contributed by atoms with Crippen molar-refractivity contribution in [3.05, 3.63) is 33.9 Å². The van der Waals surface area contributed by atoms with E-state index in [4.69, 9.17) is 11.6 Å². The molecule has 0 N–H and O–H groups in total. The Morgan fingerprint density at radius 3 is 2.80 bits per heavy atom. The zero-order valence-electron chi connectivity index (χ0n) is 11.7. The number of hydrogen-bond donors (Lipinski definition) is 0. The summed E-state index contributed by atoms with van der Waals surface area (Å²) in [4.78, 5) is 14.2. The highest BCUT2D eigenvalue weighted by atomic mass is 35.5. The molecule has 0 saturated carbocycles. The fourth-order valence-corrected chi connectivity index (χ4v) is 2.97. The zero-order valence-corrected chi connectivity index (χ0v) is 12.4. The number of nitrogens with zero attached hydrogens (tertiary/aromatic N) is 1. The molecule has 0 aliphatic carbocycles. The molecular weight excluding hydrogens is 284 g/mol. The maximum absolute atomic E-state index is 14.0. The summed E-state index contributed by atoms with van der Waals surface area (Å²) in [5, 5.41) is 0.00864. The van der Waals surface area contributed by atoms with Crippen LogP contribution < -0.4 is 0 Å². The highest BCUT2D eigenvalue weighted by molar-refractivity contribution is 6.34. The third-order valence-corrected chi connectivity index (χ3v) is 4.40. The lowest BCUT2D eigenvalue weighted by atomic mass is 9.98. The molecule has 1 aromatic rings. The van der Waals surface area contributed by atoms with Gasteiger partial charge in [0.2, 0.25) is 0 Å². The fourth-order valence-electron chi connectivity index (χ4n) is 2.75. The number of amides is 1. The molecule has 1 heterocycles. The Morgan fingerprint density at radius 2 is 2.15 bits per heavy atom. The van der Waals surface area contributed by atoms with Crippen molar-refractivity contribution >= 4 is 17.5 Å². The first kappa shape index (κ1) is 15.2. The van der Waals surface area contributed by atoms with Gasteiger partial charge in [-0.15, -0.1) is 0 Å². The molecule has 2 rings (SSSR count). The minimum absolute atomic E-state index is 0.00864. The maximum Gasteiger partial charge on any atom is 0.258 e. The summed E-state index contributed by atoms with van der Waals surface area (Å²) in [5.74, 6) is -2.67. The van der Waals surface area contributed by atoms with Gasteiger partial charge in [-0.05, 0) is 44.2 Å². The lowest BCUT2D eigenvalue weighted by molar-refractivity contribution is 0.0602. The van der Waals surface area contributed by atoms with Crippen LogP contribution in [0.15, 0.2) is 6.07 Å². The van der Waals surface area contributed by atoms with Gasteiger partial charge >= 0.3 is 0 Å². The van der Waals surface area contributed by atoms with Crippen molar-refractivity contribution in [1.29, 1.82) is 0 Å². The number of carbonyl (C=O) groups excluding carboxylic acids is 1. The molecule has 0 bridgehead atoms. The second-order valence-corrected chi connectivity index (χ2v) is 5.61. The molecule has 1 aliphatic heterocycles. The Kier molecular flexibility index (Phi) is 4.63. The van der Waals surface area contributed by atoms with E-state index in [1.54, 1.807) is 11.8 Å². The molecule has 0 spiro atoms. The molecule has 0 radical (unpaired) electrons. The number of benzene rings is 1. The molecular formula is C15H18ClF2NO. The van der Waals surface area contributed by atoms with Crippen LogP contribution in [0.3, 0.4) is 0 Å². The third kappa shape index (κ3) is 2.66. The van der Waals surface area contributed by atoms with E-state index in [2.05, 4.69) is 0 Å². The summed E-state index contributed by atoms with van der Waals surface area (Å²) in [7, 11) is 0. The Hall–Kier alpha value is -1.16. The van der Waals surface area contributed by atoms with E-state index >= 15 is 0 Å². The van der Waals surface area contributed by atoms with E-state index in [-0.39, 0.29) is 16.6 Å². The molecule has 1 fully saturated rings. The molecule has 1 atom stereocenters. The van der Waals surface area contributed by atoms with Crippen LogP contribution >= 0.6 is 11.6 Å². The standard InChI is InChI=1S/C15H18ClF2NO/c1-3-10-6-4-5-7-19(10)15(20)12-13(16)9(2)8-11(17)14(12)18/h8,10H,3-7H2,1-2H3/t10-/m1/s1. The predicted molar refractivity (Wildman–Crippen MR) is 75.1 cm³/mol. The molecule has 1 saturated heterocycles. The molecule has 1 aromatic carbocycles. The summed E-state index contributed by atoms with van der Waals surface area (Å²) in [6.07, 6.45) is 3.64. The summed E-state index contributed by atoms with van der Waals surface area (Å²) in [5.41, 5.74) is 0.0449. The van der Waals surface area contributed by atoms with E-state index in [0.29, 0.717) is 12.1 Å². The Balaban J connectivity index is 2.42. The number of rotatable bonds is 2. The van der Waals surface area contributed by atoms with Crippen LogP contribution in [-0.4, -0.2) is 23.4 Å².